The van der Waals surface area contributed by atoms with Crippen LogP contribution in [0.5, 0.6) is 0 Å². The summed E-state index contributed by atoms with van der Waals surface area (Å²) in [5.41, 5.74) is 0.183. The summed E-state index contributed by atoms with van der Waals surface area (Å²) in [4.78, 5) is 28.9. The van der Waals surface area contributed by atoms with Gasteiger partial charge < -0.3 is 20.7 Å². The molecule has 25 heavy (non-hydrogen) atoms. The fourth-order valence-corrected chi connectivity index (χ4v) is 3.30. The highest BCUT2D eigenvalue weighted by Gasteiger charge is 2.25. The Hall–Kier alpha value is -2.32. The monoisotopic (exact) mass is 365 g/mol. The highest BCUT2D eigenvalue weighted by molar-refractivity contribution is 6.35. The molecule has 0 saturated carbocycles. The number of hydrogen-bond acceptors (Lipinski definition) is 5. The number of carbonyl (C=O) groups is 1. The Bertz CT molecular complexity index is 848. The van der Waals surface area contributed by atoms with Crippen LogP contribution in [-0.2, 0) is 0 Å². The van der Waals surface area contributed by atoms with E-state index in [0.29, 0.717) is 41.3 Å². The van der Waals surface area contributed by atoms with Gasteiger partial charge in [-0.15, -0.1) is 0 Å². The van der Waals surface area contributed by atoms with Gasteiger partial charge in [0.2, 0.25) is 0 Å². The maximum absolute atomic E-state index is 13.2. The van der Waals surface area contributed by atoms with E-state index in [1.165, 1.54) is 4.68 Å². The fraction of sp³-hybridized carbons (Fsp3) is 0.438. The molecule has 8 nitrogen and oxygen atoms in total. The summed E-state index contributed by atoms with van der Waals surface area (Å²) >= 11 is 6.23. The van der Waals surface area contributed by atoms with E-state index in [9.17, 15) is 9.59 Å². The zero-order valence-electron chi connectivity index (χ0n) is 13.8. The summed E-state index contributed by atoms with van der Waals surface area (Å²) in [6, 6.07) is 4.49. The van der Waals surface area contributed by atoms with Gasteiger partial charge in [0.1, 0.15) is 0 Å². The van der Waals surface area contributed by atoms with E-state index in [2.05, 4.69) is 15.6 Å². The third-order valence-corrected chi connectivity index (χ3v) is 4.56. The highest BCUT2D eigenvalue weighted by atomic mass is 35.5. The number of amides is 1. The average Bonchev–Trinajstić information content (AvgIpc) is 2.60. The molecule has 1 aliphatic heterocycles. The van der Waals surface area contributed by atoms with Crippen LogP contribution in [0.4, 0.5) is 4.79 Å². The minimum Gasteiger partial charge on any atom is -0.465 e. The van der Waals surface area contributed by atoms with Crippen LogP contribution < -0.4 is 21.2 Å². The number of aromatic nitrogens is 2. The molecule has 1 aliphatic rings. The number of rotatable bonds is 4. The molecule has 0 radical (unpaired) electrons. The molecule has 1 fully saturated rings. The van der Waals surface area contributed by atoms with Gasteiger partial charge in [-0.1, -0.05) is 24.6 Å². The smallest absolute Gasteiger partial charge is 0.405 e. The first-order valence-electron chi connectivity index (χ1n) is 8.19. The topological polar surface area (TPSA) is 99.5 Å². The Labute approximate surface area is 149 Å². The van der Waals surface area contributed by atoms with E-state index in [4.69, 9.17) is 16.7 Å². The largest absolute Gasteiger partial charge is 0.465 e. The van der Waals surface area contributed by atoms with Crippen LogP contribution in [0, 0.1) is 0 Å². The lowest BCUT2D eigenvalue weighted by molar-refractivity contribution is 0.188. The molecular weight excluding hydrogens is 346 g/mol. The van der Waals surface area contributed by atoms with E-state index >= 15 is 0 Å². The van der Waals surface area contributed by atoms with Crippen molar-refractivity contribution in [2.24, 2.45) is 0 Å². The van der Waals surface area contributed by atoms with Gasteiger partial charge >= 0.3 is 6.09 Å². The molecule has 0 spiro atoms. The van der Waals surface area contributed by atoms with Crippen LogP contribution in [0.15, 0.2) is 23.0 Å². The van der Waals surface area contributed by atoms with Crippen molar-refractivity contribution in [3.8, 4) is 0 Å². The first kappa shape index (κ1) is 17.5. The van der Waals surface area contributed by atoms with Crippen molar-refractivity contribution < 1.29 is 9.90 Å². The normalized spacial score (nSPS) is 16.0. The molecule has 2 heterocycles. The van der Waals surface area contributed by atoms with E-state index in [1.807, 2.05) is 11.9 Å². The summed E-state index contributed by atoms with van der Waals surface area (Å²) in [5, 5.41) is 17.4. The molecule has 1 unspecified atom stereocenters. The Balaban J connectivity index is 2.25. The number of nitrogens with zero attached hydrogens (tertiary/aromatic N) is 3. The van der Waals surface area contributed by atoms with Crippen molar-refractivity contribution in [2.45, 2.75) is 19.4 Å². The summed E-state index contributed by atoms with van der Waals surface area (Å²) in [6.45, 7) is 4.55. The van der Waals surface area contributed by atoms with Gasteiger partial charge in [0, 0.05) is 26.2 Å². The minimum absolute atomic E-state index is 0.280. The van der Waals surface area contributed by atoms with Crippen LogP contribution >= 0.6 is 11.6 Å². The number of piperazine rings is 1. The Kier molecular flexibility index (Phi) is 5.10. The number of hydrogen-bond donors (Lipinski definition) is 3. The van der Waals surface area contributed by atoms with Crippen LogP contribution in [0.25, 0.3) is 10.9 Å². The van der Waals surface area contributed by atoms with Crippen LogP contribution in [0.1, 0.15) is 25.2 Å². The van der Waals surface area contributed by atoms with E-state index in [1.54, 1.807) is 18.2 Å². The molecule has 3 N–H and O–H groups in total. The van der Waals surface area contributed by atoms with Crippen molar-refractivity contribution in [1.82, 2.24) is 20.3 Å². The summed E-state index contributed by atoms with van der Waals surface area (Å²) in [5.74, 6) is 0.381. The molecule has 9 heteroatoms. The van der Waals surface area contributed by atoms with E-state index in [-0.39, 0.29) is 5.56 Å². The second kappa shape index (κ2) is 7.28. The third-order valence-electron chi connectivity index (χ3n) is 4.24. The zero-order chi connectivity index (χ0) is 18.0. The zero-order valence-corrected chi connectivity index (χ0v) is 14.6. The number of nitrogens with one attached hydrogen (secondary N) is 2. The van der Waals surface area contributed by atoms with Gasteiger partial charge in [-0.3, -0.25) is 4.79 Å². The molecule has 1 aromatic heterocycles. The van der Waals surface area contributed by atoms with Crippen molar-refractivity contribution in [3.05, 3.63) is 39.4 Å². The van der Waals surface area contributed by atoms with Crippen molar-refractivity contribution in [2.75, 3.05) is 31.2 Å². The molecule has 0 aliphatic carbocycles. The fourth-order valence-electron chi connectivity index (χ4n) is 3.05. The van der Waals surface area contributed by atoms with Crippen molar-refractivity contribution in [3.63, 3.8) is 0 Å². The highest BCUT2D eigenvalue weighted by Crippen LogP contribution is 2.22. The summed E-state index contributed by atoms with van der Waals surface area (Å²) in [6.07, 6.45) is -0.684. The molecule has 1 amide bonds. The maximum Gasteiger partial charge on any atom is 0.405 e. The van der Waals surface area contributed by atoms with Gasteiger partial charge in [0.25, 0.3) is 5.56 Å². The minimum atomic E-state index is -1.15. The predicted molar refractivity (Wildman–Crippen MR) is 96.0 cm³/mol. The van der Waals surface area contributed by atoms with Gasteiger partial charge in [0.05, 0.1) is 22.0 Å². The number of halogens is 1. The van der Waals surface area contributed by atoms with Gasteiger partial charge in [-0.2, -0.15) is 0 Å². The van der Waals surface area contributed by atoms with Gasteiger partial charge in [-0.25, -0.2) is 14.5 Å². The SMILES string of the molecule is CCC(NC(=O)O)c1nc2cccc(Cl)c2c(=O)n1N1CCNCC1. The lowest BCUT2D eigenvalue weighted by Gasteiger charge is -2.33. The quantitative estimate of drug-likeness (QED) is 0.755. The van der Waals surface area contributed by atoms with Gasteiger partial charge in [0.15, 0.2) is 5.82 Å². The van der Waals surface area contributed by atoms with Crippen molar-refractivity contribution in [1.29, 1.82) is 0 Å². The Morgan fingerprint density at radius 3 is 2.80 bits per heavy atom. The van der Waals surface area contributed by atoms with E-state index < -0.39 is 12.1 Å². The molecule has 1 saturated heterocycles. The van der Waals surface area contributed by atoms with Gasteiger partial charge in [-0.05, 0) is 18.6 Å². The molecule has 3 rings (SSSR count). The molecule has 0 bridgehead atoms. The van der Waals surface area contributed by atoms with Crippen LogP contribution in [0.3, 0.4) is 0 Å². The number of fused-ring (bicyclic) bond motifs is 1. The predicted octanol–water partition coefficient (Wildman–Crippen LogP) is 1.31. The molecule has 1 atom stereocenters. The third kappa shape index (κ3) is 3.40. The second-order valence-corrected chi connectivity index (χ2v) is 6.24. The second-order valence-electron chi connectivity index (χ2n) is 5.83. The summed E-state index contributed by atoms with van der Waals surface area (Å²) < 4.78 is 1.49. The molecular formula is C16H20ClN5O3. The lowest BCUT2D eigenvalue weighted by Crippen LogP contribution is -2.54. The van der Waals surface area contributed by atoms with E-state index in [0.717, 1.165) is 13.1 Å². The molecule has 134 valence electrons. The number of benzene rings is 1. The van der Waals surface area contributed by atoms with Crippen LogP contribution in [0.2, 0.25) is 5.02 Å². The Morgan fingerprint density at radius 1 is 1.44 bits per heavy atom. The maximum atomic E-state index is 13.2. The lowest BCUT2D eigenvalue weighted by atomic mass is 10.2. The van der Waals surface area contributed by atoms with Crippen molar-refractivity contribution >= 4 is 28.6 Å². The first-order chi connectivity index (χ1) is 12.0. The standard InChI is InChI=1S/C16H20ClN5O3/c1-2-11(20-16(24)25)14-19-12-5-3-4-10(17)13(12)15(23)22(14)21-8-6-18-7-9-21/h3-5,11,18,20H,2,6-9H2,1H3,(H,24,25). The molecule has 1 aromatic carbocycles. The number of carboxylic acid groups (broad SMARTS) is 1. The first-order valence-corrected chi connectivity index (χ1v) is 8.57. The Morgan fingerprint density at radius 2 is 2.16 bits per heavy atom. The molecule has 2 aromatic rings. The summed E-state index contributed by atoms with van der Waals surface area (Å²) in [7, 11) is 0. The average molecular weight is 366 g/mol. The van der Waals surface area contributed by atoms with Crippen LogP contribution in [-0.4, -0.2) is 47.0 Å².